The minimum atomic E-state index is -3.98. The number of hydrogen-bond acceptors (Lipinski definition) is 6. The van der Waals surface area contributed by atoms with Crippen molar-refractivity contribution in [2.75, 3.05) is 32.0 Å². The van der Waals surface area contributed by atoms with Gasteiger partial charge in [0.05, 0.1) is 16.3 Å². The van der Waals surface area contributed by atoms with Crippen LogP contribution in [-0.2, 0) is 24.8 Å². The normalized spacial score (nSPS) is 15.7. The van der Waals surface area contributed by atoms with Gasteiger partial charge in [0.25, 0.3) is 0 Å². The highest BCUT2D eigenvalue weighted by molar-refractivity contribution is 7.89. The van der Waals surface area contributed by atoms with Gasteiger partial charge in [-0.15, -0.1) is 0 Å². The third kappa shape index (κ3) is 5.48. The van der Waals surface area contributed by atoms with E-state index in [0.717, 1.165) is 29.1 Å². The predicted octanol–water partition coefficient (Wildman–Crippen LogP) is 1.82. The molecule has 0 atom stereocenters. The first-order valence-corrected chi connectivity index (χ1v) is 12.8. The number of carbonyl (C=O) groups is 1. The molecular weight excluding hydrogens is 440 g/mol. The van der Waals surface area contributed by atoms with Crippen LogP contribution in [0.5, 0.6) is 0 Å². The summed E-state index contributed by atoms with van der Waals surface area (Å²) in [6.07, 6.45) is 4.18. The van der Waals surface area contributed by atoms with Crippen molar-refractivity contribution in [2.45, 2.75) is 36.0 Å². The maximum Gasteiger partial charge on any atom is 0.243 e. The smallest absolute Gasteiger partial charge is 0.243 e. The lowest BCUT2D eigenvalue weighted by Gasteiger charge is -2.26. The monoisotopic (exact) mass is 466 g/mol. The van der Waals surface area contributed by atoms with E-state index in [1.807, 2.05) is 6.92 Å². The van der Waals surface area contributed by atoms with E-state index in [2.05, 4.69) is 10.3 Å². The summed E-state index contributed by atoms with van der Waals surface area (Å²) < 4.78 is 53.4. The molecule has 1 amide bonds. The van der Waals surface area contributed by atoms with Crippen LogP contribution in [0.4, 0.5) is 5.82 Å². The maximum absolute atomic E-state index is 12.8. The average molecular weight is 467 g/mol. The van der Waals surface area contributed by atoms with Crippen molar-refractivity contribution < 1.29 is 21.6 Å². The molecule has 9 nitrogen and oxygen atoms in total. The van der Waals surface area contributed by atoms with Crippen molar-refractivity contribution in [3.05, 3.63) is 48.2 Å². The van der Waals surface area contributed by atoms with Gasteiger partial charge in [-0.1, -0.05) is 6.42 Å². The molecule has 1 aromatic carbocycles. The lowest BCUT2D eigenvalue weighted by molar-refractivity contribution is -0.116. The van der Waals surface area contributed by atoms with Gasteiger partial charge in [-0.2, -0.15) is 8.61 Å². The highest BCUT2D eigenvalue weighted by Gasteiger charge is 2.28. The number of rotatable bonds is 7. The quantitative estimate of drug-likeness (QED) is 0.665. The molecule has 0 radical (unpaired) electrons. The summed E-state index contributed by atoms with van der Waals surface area (Å²) in [5, 5.41) is 2.56. The van der Waals surface area contributed by atoms with Crippen molar-refractivity contribution in [1.82, 2.24) is 13.6 Å². The molecule has 1 aliphatic heterocycles. The first kappa shape index (κ1) is 23.3. The molecule has 0 saturated carbocycles. The van der Waals surface area contributed by atoms with Crippen LogP contribution in [0, 0.1) is 6.92 Å². The van der Waals surface area contributed by atoms with E-state index in [1.54, 1.807) is 18.3 Å². The van der Waals surface area contributed by atoms with Crippen molar-refractivity contribution in [1.29, 1.82) is 0 Å². The number of likely N-dealkylation sites (N-methyl/N-ethyl adjacent to an activating group) is 1. The van der Waals surface area contributed by atoms with Gasteiger partial charge in [-0.25, -0.2) is 21.8 Å². The van der Waals surface area contributed by atoms with E-state index in [4.69, 9.17) is 0 Å². The van der Waals surface area contributed by atoms with Crippen molar-refractivity contribution in [3.63, 3.8) is 0 Å². The van der Waals surface area contributed by atoms with E-state index in [-0.39, 0.29) is 9.79 Å². The second-order valence-electron chi connectivity index (χ2n) is 7.46. The molecule has 168 valence electrons. The third-order valence-electron chi connectivity index (χ3n) is 5.03. The lowest BCUT2D eigenvalue weighted by atomic mass is 10.2. The van der Waals surface area contributed by atoms with Crippen LogP contribution in [0.15, 0.2) is 52.4 Å². The summed E-state index contributed by atoms with van der Waals surface area (Å²) in [6.45, 7) is 2.38. The SMILES string of the molecule is Cc1ccnc(NC(=O)CN(C)S(=O)(=O)c2ccc(S(=O)(=O)N3CCCCC3)cc2)c1. The Bertz CT molecular complexity index is 1140. The van der Waals surface area contributed by atoms with Gasteiger partial charge in [0.2, 0.25) is 26.0 Å². The molecule has 2 heterocycles. The van der Waals surface area contributed by atoms with Crippen molar-refractivity contribution in [3.8, 4) is 0 Å². The first-order valence-electron chi connectivity index (χ1n) is 9.90. The molecule has 11 heteroatoms. The molecule has 1 saturated heterocycles. The molecule has 1 aromatic heterocycles. The Kier molecular flexibility index (Phi) is 7.10. The summed E-state index contributed by atoms with van der Waals surface area (Å²) in [5.41, 5.74) is 0.908. The van der Waals surface area contributed by atoms with E-state index in [0.29, 0.717) is 18.9 Å². The molecule has 0 unspecified atom stereocenters. The number of nitrogens with zero attached hydrogens (tertiary/aromatic N) is 3. The number of aromatic nitrogens is 1. The van der Waals surface area contributed by atoms with Crippen LogP contribution in [0.25, 0.3) is 0 Å². The number of anilines is 1. The molecule has 1 aliphatic rings. The molecule has 1 fully saturated rings. The van der Waals surface area contributed by atoms with Crippen LogP contribution in [0.3, 0.4) is 0 Å². The van der Waals surface area contributed by atoms with E-state index >= 15 is 0 Å². The molecule has 0 bridgehead atoms. The molecule has 1 N–H and O–H groups in total. The topological polar surface area (TPSA) is 117 Å². The van der Waals surface area contributed by atoms with Crippen LogP contribution >= 0.6 is 0 Å². The number of nitrogens with one attached hydrogen (secondary N) is 1. The van der Waals surface area contributed by atoms with Crippen molar-refractivity contribution >= 4 is 31.8 Å². The fourth-order valence-electron chi connectivity index (χ4n) is 3.29. The van der Waals surface area contributed by atoms with E-state index < -0.39 is 32.5 Å². The number of piperidine rings is 1. The van der Waals surface area contributed by atoms with Gasteiger partial charge in [0.15, 0.2) is 0 Å². The molecule has 0 aliphatic carbocycles. The Labute approximate surface area is 183 Å². The Balaban J connectivity index is 1.70. The van der Waals surface area contributed by atoms with Crippen LogP contribution in [0.1, 0.15) is 24.8 Å². The molecule has 2 aromatic rings. The summed E-state index contributed by atoms with van der Waals surface area (Å²) >= 11 is 0. The molecule has 0 spiro atoms. The molecular formula is C20H26N4O5S2. The zero-order chi connectivity index (χ0) is 22.6. The number of carbonyl (C=O) groups excluding carboxylic acids is 1. The summed E-state index contributed by atoms with van der Waals surface area (Å²) in [7, 11) is -6.34. The van der Waals surface area contributed by atoms with Gasteiger partial charge in [-0.3, -0.25) is 4.79 Å². The van der Waals surface area contributed by atoms with Gasteiger partial charge >= 0.3 is 0 Å². The minimum absolute atomic E-state index is 0.0549. The van der Waals surface area contributed by atoms with E-state index in [9.17, 15) is 21.6 Å². The summed E-state index contributed by atoms with van der Waals surface area (Å²) in [6, 6.07) is 8.55. The van der Waals surface area contributed by atoms with Gasteiger partial charge < -0.3 is 5.32 Å². The highest BCUT2D eigenvalue weighted by atomic mass is 32.2. The largest absolute Gasteiger partial charge is 0.310 e. The van der Waals surface area contributed by atoms with Crippen LogP contribution in [0.2, 0.25) is 0 Å². The second kappa shape index (κ2) is 9.43. The first-order chi connectivity index (χ1) is 14.6. The molecule has 31 heavy (non-hydrogen) atoms. The lowest BCUT2D eigenvalue weighted by Crippen LogP contribution is -2.36. The fourth-order valence-corrected chi connectivity index (χ4v) is 5.94. The van der Waals surface area contributed by atoms with Gasteiger partial charge in [0, 0.05) is 26.3 Å². The van der Waals surface area contributed by atoms with Crippen molar-refractivity contribution in [2.24, 2.45) is 0 Å². The van der Waals surface area contributed by atoms with Gasteiger partial charge in [-0.05, 0) is 61.7 Å². The maximum atomic E-state index is 12.8. The average Bonchev–Trinajstić information content (AvgIpc) is 2.74. The number of hydrogen-bond donors (Lipinski definition) is 1. The standard InChI is InChI=1S/C20H26N4O5S2/c1-16-10-11-21-19(14-16)22-20(25)15-23(2)30(26,27)17-6-8-18(9-7-17)31(28,29)24-12-4-3-5-13-24/h6-11,14H,3-5,12-13,15H2,1-2H3,(H,21,22,25). The number of sulfonamides is 2. The number of aryl methyl sites for hydroxylation is 1. The second-order valence-corrected chi connectivity index (χ2v) is 11.4. The fraction of sp³-hybridized carbons (Fsp3) is 0.400. The minimum Gasteiger partial charge on any atom is -0.310 e. The Morgan fingerprint density at radius 3 is 2.26 bits per heavy atom. The van der Waals surface area contributed by atoms with Crippen LogP contribution in [-0.4, -0.2) is 63.0 Å². The summed E-state index contributed by atoms with van der Waals surface area (Å²) in [5.74, 6) is -0.198. The third-order valence-corrected chi connectivity index (χ3v) is 8.76. The Hall–Kier alpha value is -2.34. The predicted molar refractivity (Wildman–Crippen MR) is 116 cm³/mol. The van der Waals surface area contributed by atoms with Gasteiger partial charge in [0.1, 0.15) is 5.82 Å². The Morgan fingerprint density at radius 1 is 1.03 bits per heavy atom. The number of pyridine rings is 1. The number of amides is 1. The summed E-state index contributed by atoms with van der Waals surface area (Å²) in [4.78, 5) is 16.2. The molecule has 3 rings (SSSR count). The number of benzene rings is 1. The Morgan fingerprint density at radius 2 is 1.65 bits per heavy atom. The van der Waals surface area contributed by atoms with E-state index in [1.165, 1.54) is 35.6 Å². The zero-order valence-electron chi connectivity index (χ0n) is 17.5. The highest BCUT2D eigenvalue weighted by Crippen LogP contribution is 2.23. The van der Waals surface area contributed by atoms with Crippen LogP contribution < -0.4 is 5.32 Å². The zero-order valence-corrected chi connectivity index (χ0v) is 19.1.